The smallest absolute Gasteiger partial charge is 0.241 e. The predicted octanol–water partition coefficient (Wildman–Crippen LogP) is 3.76. The molecule has 2 aromatic carbocycles. The van der Waals surface area contributed by atoms with Gasteiger partial charge in [0.05, 0.1) is 10.9 Å². The molecular weight excluding hydrogens is 472 g/mol. The van der Waals surface area contributed by atoms with E-state index < -0.39 is 10.0 Å². The molecule has 8 heteroatoms. The fourth-order valence-electron chi connectivity index (χ4n) is 2.19. The molecular formula is C17H18Br2N2O3S. The third kappa shape index (κ3) is 5.91. The Balaban J connectivity index is 1.86. The number of rotatable bonds is 7. The largest absolute Gasteiger partial charge is 0.350 e. The Labute approximate surface area is 164 Å². The van der Waals surface area contributed by atoms with Crippen LogP contribution in [0.3, 0.4) is 0 Å². The second-order valence-electron chi connectivity index (χ2n) is 5.42. The van der Waals surface area contributed by atoms with Crippen LogP contribution in [0.15, 0.2) is 62.4 Å². The van der Waals surface area contributed by atoms with E-state index in [4.69, 9.17) is 0 Å². The van der Waals surface area contributed by atoms with Crippen molar-refractivity contribution < 1.29 is 13.2 Å². The molecule has 1 amide bonds. The van der Waals surface area contributed by atoms with E-state index in [1.807, 2.05) is 31.2 Å². The number of carbonyl (C=O) groups excluding carboxylic acids is 1. The summed E-state index contributed by atoms with van der Waals surface area (Å²) in [7, 11) is -3.65. The molecule has 1 atom stereocenters. The zero-order chi connectivity index (χ0) is 18.4. The molecule has 0 aliphatic rings. The summed E-state index contributed by atoms with van der Waals surface area (Å²) in [5, 5.41) is 2.85. The molecule has 2 N–H and O–H groups in total. The number of carbonyl (C=O) groups is 1. The summed E-state index contributed by atoms with van der Waals surface area (Å²) in [6.07, 6.45) is 0.0601. The lowest BCUT2D eigenvalue weighted by molar-refractivity contribution is -0.121. The van der Waals surface area contributed by atoms with Gasteiger partial charge in [-0.15, -0.1) is 0 Å². The van der Waals surface area contributed by atoms with Gasteiger partial charge in [0.1, 0.15) is 0 Å². The highest BCUT2D eigenvalue weighted by Crippen LogP contribution is 2.20. The maximum absolute atomic E-state index is 12.2. The summed E-state index contributed by atoms with van der Waals surface area (Å²) in [6, 6.07) is 14.0. The Morgan fingerprint density at radius 1 is 1.08 bits per heavy atom. The average Bonchev–Trinajstić information content (AvgIpc) is 2.55. The summed E-state index contributed by atoms with van der Waals surface area (Å²) < 4.78 is 28.4. The third-order valence-corrected chi connectivity index (χ3v) is 6.52. The molecule has 134 valence electrons. The van der Waals surface area contributed by atoms with E-state index in [0.29, 0.717) is 4.47 Å². The highest BCUT2D eigenvalue weighted by molar-refractivity contribution is 9.10. The number of amides is 1. The van der Waals surface area contributed by atoms with Crippen molar-refractivity contribution in [2.45, 2.75) is 24.3 Å². The van der Waals surface area contributed by atoms with Crippen molar-refractivity contribution >= 4 is 47.8 Å². The number of sulfonamides is 1. The molecule has 0 aliphatic heterocycles. The van der Waals surface area contributed by atoms with Gasteiger partial charge in [0.2, 0.25) is 15.9 Å². The van der Waals surface area contributed by atoms with Gasteiger partial charge in [-0.25, -0.2) is 13.1 Å². The average molecular weight is 490 g/mol. The van der Waals surface area contributed by atoms with E-state index in [1.54, 1.807) is 18.2 Å². The van der Waals surface area contributed by atoms with E-state index >= 15 is 0 Å². The molecule has 0 radical (unpaired) electrons. The summed E-state index contributed by atoms with van der Waals surface area (Å²) >= 11 is 6.58. The van der Waals surface area contributed by atoms with Crippen molar-refractivity contribution in [1.29, 1.82) is 0 Å². The fraction of sp³-hybridized carbons (Fsp3) is 0.235. The standard InChI is InChI=1S/C17H18Br2N2O3S/c1-12(13-6-8-14(18)9-7-13)21-17(22)10-11-20-25(23,24)16-5-3-2-4-15(16)19/h2-9,12,20H,10-11H2,1H3,(H,21,22). The van der Waals surface area contributed by atoms with Crippen LogP contribution in [-0.2, 0) is 14.8 Å². The number of nitrogens with one attached hydrogen (secondary N) is 2. The first-order valence-corrected chi connectivity index (χ1v) is 10.7. The molecule has 5 nitrogen and oxygen atoms in total. The van der Waals surface area contributed by atoms with Crippen LogP contribution in [0.5, 0.6) is 0 Å². The molecule has 0 bridgehead atoms. The number of hydrogen-bond acceptors (Lipinski definition) is 3. The predicted molar refractivity (Wildman–Crippen MR) is 105 cm³/mol. The Morgan fingerprint density at radius 3 is 2.36 bits per heavy atom. The second kappa shape index (κ2) is 8.93. The van der Waals surface area contributed by atoms with Crippen LogP contribution >= 0.6 is 31.9 Å². The van der Waals surface area contributed by atoms with E-state index in [9.17, 15) is 13.2 Å². The molecule has 0 saturated carbocycles. The van der Waals surface area contributed by atoms with Crippen LogP contribution in [0.2, 0.25) is 0 Å². The van der Waals surface area contributed by atoms with Crippen molar-refractivity contribution in [2.24, 2.45) is 0 Å². The minimum absolute atomic E-state index is 0.0303. The first-order chi connectivity index (χ1) is 11.8. The second-order valence-corrected chi connectivity index (χ2v) is 8.92. The van der Waals surface area contributed by atoms with Crippen molar-refractivity contribution in [3.05, 3.63) is 63.0 Å². The molecule has 0 heterocycles. The minimum Gasteiger partial charge on any atom is -0.350 e. The zero-order valence-electron chi connectivity index (χ0n) is 13.5. The Morgan fingerprint density at radius 2 is 1.72 bits per heavy atom. The van der Waals surface area contributed by atoms with Crippen LogP contribution in [0.4, 0.5) is 0 Å². The molecule has 2 rings (SSSR count). The topological polar surface area (TPSA) is 75.3 Å². The van der Waals surface area contributed by atoms with Gasteiger partial charge in [-0.1, -0.05) is 40.2 Å². The summed E-state index contributed by atoms with van der Waals surface area (Å²) in [5.74, 6) is -0.217. The number of halogens is 2. The Kier molecular flexibility index (Phi) is 7.18. The van der Waals surface area contributed by atoms with Crippen LogP contribution in [0.25, 0.3) is 0 Å². The monoisotopic (exact) mass is 488 g/mol. The van der Waals surface area contributed by atoms with Crippen LogP contribution < -0.4 is 10.0 Å². The van der Waals surface area contributed by atoms with Crippen LogP contribution in [-0.4, -0.2) is 20.9 Å². The van der Waals surface area contributed by atoms with E-state index in [2.05, 4.69) is 41.9 Å². The van der Waals surface area contributed by atoms with Crippen LogP contribution in [0, 0.1) is 0 Å². The van der Waals surface area contributed by atoms with E-state index in [1.165, 1.54) is 6.07 Å². The van der Waals surface area contributed by atoms with Gasteiger partial charge in [0, 0.05) is 21.9 Å². The molecule has 0 fully saturated rings. The summed E-state index contributed by atoms with van der Waals surface area (Å²) in [6.45, 7) is 1.91. The molecule has 2 aromatic rings. The third-order valence-electron chi connectivity index (χ3n) is 3.52. The van der Waals surface area contributed by atoms with Gasteiger partial charge in [0.15, 0.2) is 0 Å². The van der Waals surface area contributed by atoms with Crippen LogP contribution in [0.1, 0.15) is 24.9 Å². The summed E-state index contributed by atoms with van der Waals surface area (Å²) in [5.41, 5.74) is 0.977. The quantitative estimate of drug-likeness (QED) is 0.621. The van der Waals surface area contributed by atoms with E-state index in [-0.39, 0.29) is 29.8 Å². The zero-order valence-corrected chi connectivity index (χ0v) is 17.5. The molecule has 0 spiro atoms. The molecule has 0 aliphatic carbocycles. The molecule has 25 heavy (non-hydrogen) atoms. The summed E-state index contributed by atoms with van der Waals surface area (Å²) in [4.78, 5) is 12.2. The lowest BCUT2D eigenvalue weighted by atomic mass is 10.1. The molecule has 0 saturated heterocycles. The van der Waals surface area contributed by atoms with Gasteiger partial charge in [-0.2, -0.15) is 0 Å². The number of hydrogen-bond donors (Lipinski definition) is 2. The number of benzene rings is 2. The minimum atomic E-state index is -3.65. The lowest BCUT2D eigenvalue weighted by Crippen LogP contribution is -2.32. The Hall–Kier alpha value is -1.22. The van der Waals surface area contributed by atoms with E-state index in [0.717, 1.165) is 10.0 Å². The first-order valence-electron chi connectivity index (χ1n) is 7.58. The van der Waals surface area contributed by atoms with Crippen molar-refractivity contribution in [2.75, 3.05) is 6.54 Å². The lowest BCUT2D eigenvalue weighted by Gasteiger charge is -2.15. The van der Waals surface area contributed by atoms with Gasteiger partial charge >= 0.3 is 0 Å². The van der Waals surface area contributed by atoms with Crippen molar-refractivity contribution in [3.8, 4) is 0 Å². The maximum Gasteiger partial charge on any atom is 0.241 e. The van der Waals surface area contributed by atoms with Gasteiger partial charge < -0.3 is 5.32 Å². The van der Waals surface area contributed by atoms with Gasteiger partial charge in [-0.05, 0) is 52.7 Å². The van der Waals surface area contributed by atoms with Gasteiger partial charge in [-0.3, -0.25) is 4.79 Å². The fourth-order valence-corrected chi connectivity index (χ4v) is 4.48. The normalized spacial score (nSPS) is 12.6. The van der Waals surface area contributed by atoms with Gasteiger partial charge in [0.25, 0.3) is 0 Å². The highest BCUT2D eigenvalue weighted by atomic mass is 79.9. The maximum atomic E-state index is 12.2. The first kappa shape index (κ1) is 20.1. The van der Waals surface area contributed by atoms with Crippen molar-refractivity contribution in [3.63, 3.8) is 0 Å². The molecule has 1 unspecified atom stereocenters. The van der Waals surface area contributed by atoms with Crippen molar-refractivity contribution in [1.82, 2.24) is 10.0 Å². The highest BCUT2D eigenvalue weighted by Gasteiger charge is 2.17. The Bertz CT molecular complexity index is 839. The SMILES string of the molecule is CC(NC(=O)CCNS(=O)(=O)c1ccccc1Br)c1ccc(Br)cc1. The molecule has 0 aromatic heterocycles.